The highest BCUT2D eigenvalue weighted by Crippen LogP contribution is 2.46. The number of carboxylic acids is 1. The lowest BCUT2D eigenvalue weighted by molar-refractivity contribution is -0.171. The van der Waals surface area contributed by atoms with Gasteiger partial charge in [-0.25, -0.2) is 0 Å². The highest BCUT2D eigenvalue weighted by Gasteiger charge is 2.48. The molecule has 0 bridgehead atoms. The smallest absolute Gasteiger partial charge is 0.471 e. The van der Waals surface area contributed by atoms with Crippen LogP contribution >= 0.6 is 15.9 Å². The number of ether oxygens (including phenoxy) is 2. The summed E-state index contributed by atoms with van der Waals surface area (Å²) < 4.78 is 52.2. The number of rotatable bonds is 4. The fourth-order valence-corrected chi connectivity index (χ4v) is 4.44. The van der Waals surface area contributed by atoms with E-state index in [1.807, 2.05) is 0 Å². The minimum absolute atomic E-state index is 0.00821. The van der Waals surface area contributed by atoms with Gasteiger partial charge in [-0.3, -0.25) is 14.5 Å². The minimum Gasteiger partial charge on any atom is -0.493 e. The zero-order chi connectivity index (χ0) is 22.5. The van der Waals surface area contributed by atoms with Gasteiger partial charge in [0.25, 0.3) is 0 Å². The molecule has 2 aromatic carbocycles. The Kier molecular flexibility index (Phi) is 5.36. The summed E-state index contributed by atoms with van der Waals surface area (Å²) in [5.41, 5.74) is 1.03. The first kappa shape index (κ1) is 21.5. The summed E-state index contributed by atoms with van der Waals surface area (Å²) in [6.45, 7) is 1.50. The van der Waals surface area contributed by atoms with Crippen molar-refractivity contribution >= 4 is 33.5 Å². The Labute approximate surface area is 183 Å². The molecule has 10 heteroatoms. The molecule has 0 aromatic heterocycles. The standard InChI is InChI=1S/C21H17BrF3NO5/c1-10(19(27)28)14-8-30-17-7-11(5-6-12(14)17)26(20(29)21(23,24)25)16-9-31-18-13(16)3-2-4-15(18)22/h2-7,10,14,16H,8-9H2,1H3,(H,27,28)/t10?,14-,16?/m0/s1. The van der Waals surface area contributed by atoms with Gasteiger partial charge in [0.1, 0.15) is 18.1 Å². The highest BCUT2D eigenvalue weighted by molar-refractivity contribution is 9.10. The number of carboxylic acid groups (broad SMARTS) is 1. The van der Waals surface area contributed by atoms with Crippen LogP contribution in [0.2, 0.25) is 0 Å². The number of nitrogens with zero attached hydrogens (tertiary/aromatic N) is 1. The van der Waals surface area contributed by atoms with Crippen molar-refractivity contribution in [2.24, 2.45) is 5.92 Å². The molecule has 1 N–H and O–H groups in total. The van der Waals surface area contributed by atoms with Gasteiger partial charge in [-0.1, -0.05) is 25.1 Å². The number of benzene rings is 2. The summed E-state index contributed by atoms with van der Waals surface area (Å²) in [4.78, 5) is 24.4. The maximum Gasteiger partial charge on any atom is 0.471 e. The van der Waals surface area contributed by atoms with Crippen LogP contribution in [0.1, 0.15) is 30.0 Å². The molecule has 2 unspecified atom stereocenters. The number of alkyl halides is 3. The normalized spacial score (nSPS) is 20.3. The van der Waals surface area contributed by atoms with Crippen molar-refractivity contribution in [3.05, 3.63) is 52.0 Å². The fourth-order valence-electron chi connectivity index (χ4n) is 3.94. The second kappa shape index (κ2) is 7.74. The van der Waals surface area contributed by atoms with Gasteiger partial charge in [-0.15, -0.1) is 0 Å². The zero-order valence-corrected chi connectivity index (χ0v) is 17.7. The van der Waals surface area contributed by atoms with Crippen molar-refractivity contribution in [3.8, 4) is 11.5 Å². The molecule has 2 heterocycles. The molecule has 2 aliphatic rings. The Bertz CT molecular complexity index is 1060. The van der Waals surface area contributed by atoms with Gasteiger partial charge in [0.05, 0.1) is 23.0 Å². The van der Waals surface area contributed by atoms with E-state index in [9.17, 15) is 27.9 Å². The summed E-state index contributed by atoms with van der Waals surface area (Å²) in [6, 6.07) is 8.24. The van der Waals surface area contributed by atoms with Crippen LogP contribution in [0.25, 0.3) is 0 Å². The fraction of sp³-hybridized carbons (Fsp3) is 0.333. The molecule has 6 nitrogen and oxygen atoms in total. The Balaban J connectivity index is 1.76. The van der Waals surface area contributed by atoms with Crippen LogP contribution in [0.5, 0.6) is 11.5 Å². The van der Waals surface area contributed by atoms with Gasteiger partial charge in [-0.2, -0.15) is 13.2 Å². The third-order valence-corrected chi connectivity index (χ3v) is 6.23. The topological polar surface area (TPSA) is 76.1 Å². The van der Waals surface area contributed by atoms with E-state index in [4.69, 9.17) is 9.47 Å². The predicted octanol–water partition coefficient (Wildman–Crippen LogP) is 4.67. The lowest BCUT2D eigenvalue weighted by atomic mass is 9.89. The van der Waals surface area contributed by atoms with Crippen LogP contribution in [0, 0.1) is 5.92 Å². The SMILES string of the molecule is CC(C(=O)O)[C@@H]1COc2cc(N(C(=O)C(F)(F)F)C3COc4c(Br)cccc43)ccc21. The lowest BCUT2D eigenvalue weighted by Crippen LogP contribution is -2.44. The second-order valence-corrected chi connectivity index (χ2v) is 8.28. The van der Waals surface area contributed by atoms with Crippen LogP contribution in [0.15, 0.2) is 40.9 Å². The zero-order valence-electron chi connectivity index (χ0n) is 16.1. The van der Waals surface area contributed by atoms with Crippen LogP contribution in [0.4, 0.5) is 18.9 Å². The molecular weight excluding hydrogens is 483 g/mol. The van der Waals surface area contributed by atoms with Gasteiger partial charge >= 0.3 is 18.1 Å². The van der Waals surface area contributed by atoms with Crippen LogP contribution in [0.3, 0.4) is 0 Å². The molecule has 0 fully saturated rings. The second-order valence-electron chi connectivity index (χ2n) is 7.42. The van der Waals surface area contributed by atoms with Gasteiger partial charge < -0.3 is 14.6 Å². The highest BCUT2D eigenvalue weighted by atomic mass is 79.9. The third kappa shape index (κ3) is 3.73. The van der Waals surface area contributed by atoms with Crippen molar-refractivity contribution in [1.29, 1.82) is 0 Å². The number of hydrogen-bond donors (Lipinski definition) is 1. The summed E-state index contributed by atoms with van der Waals surface area (Å²) >= 11 is 3.31. The number of fused-ring (bicyclic) bond motifs is 2. The molecule has 0 saturated heterocycles. The first-order valence-corrected chi connectivity index (χ1v) is 10.2. The van der Waals surface area contributed by atoms with Gasteiger partial charge in [0, 0.05) is 28.8 Å². The van der Waals surface area contributed by atoms with E-state index in [1.165, 1.54) is 18.2 Å². The number of carbonyl (C=O) groups excluding carboxylic acids is 1. The van der Waals surface area contributed by atoms with Gasteiger partial charge in [-0.05, 0) is 28.1 Å². The largest absolute Gasteiger partial charge is 0.493 e. The molecule has 0 aliphatic carbocycles. The maximum atomic E-state index is 13.5. The Morgan fingerprint density at radius 2 is 1.90 bits per heavy atom. The number of amides is 1. The first-order valence-electron chi connectivity index (χ1n) is 9.40. The predicted molar refractivity (Wildman–Crippen MR) is 107 cm³/mol. The van der Waals surface area contributed by atoms with Crippen molar-refractivity contribution < 1.29 is 37.3 Å². The monoisotopic (exact) mass is 499 g/mol. The van der Waals surface area contributed by atoms with E-state index < -0.39 is 35.9 Å². The van der Waals surface area contributed by atoms with Crippen LogP contribution in [-0.4, -0.2) is 36.4 Å². The lowest BCUT2D eigenvalue weighted by Gasteiger charge is -2.29. The molecule has 0 saturated carbocycles. The molecule has 164 valence electrons. The van der Waals surface area contributed by atoms with Crippen LogP contribution in [-0.2, 0) is 9.59 Å². The summed E-state index contributed by atoms with van der Waals surface area (Å²) in [5.74, 6) is -3.52. The van der Waals surface area contributed by atoms with E-state index in [0.717, 1.165) is 0 Å². The average Bonchev–Trinajstić information content (AvgIpc) is 3.32. The van der Waals surface area contributed by atoms with Crippen molar-refractivity contribution in [1.82, 2.24) is 0 Å². The summed E-state index contributed by atoms with van der Waals surface area (Å²) in [7, 11) is 0. The first-order chi connectivity index (χ1) is 14.6. The Hall–Kier alpha value is -2.75. The Morgan fingerprint density at radius 3 is 2.58 bits per heavy atom. The van der Waals surface area contributed by atoms with E-state index in [2.05, 4.69) is 15.9 Å². The molecule has 0 radical (unpaired) electrons. The van der Waals surface area contributed by atoms with Crippen LogP contribution < -0.4 is 14.4 Å². The van der Waals surface area contributed by atoms with Crippen molar-refractivity contribution in [2.75, 3.05) is 18.1 Å². The number of aliphatic carboxylic acids is 1. The molecule has 31 heavy (non-hydrogen) atoms. The van der Waals surface area contributed by atoms with E-state index in [0.29, 0.717) is 26.2 Å². The number of halogens is 4. The van der Waals surface area contributed by atoms with E-state index >= 15 is 0 Å². The number of hydrogen-bond acceptors (Lipinski definition) is 4. The molecule has 2 aromatic rings. The average molecular weight is 500 g/mol. The van der Waals surface area contributed by atoms with E-state index in [-0.39, 0.29) is 24.7 Å². The Morgan fingerprint density at radius 1 is 1.16 bits per heavy atom. The molecule has 0 spiro atoms. The number of anilines is 1. The molecule has 4 rings (SSSR count). The van der Waals surface area contributed by atoms with E-state index in [1.54, 1.807) is 25.1 Å². The quantitative estimate of drug-likeness (QED) is 0.661. The molecule has 1 amide bonds. The van der Waals surface area contributed by atoms with Crippen molar-refractivity contribution in [2.45, 2.75) is 25.1 Å². The summed E-state index contributed by atoms with van der Waals surface area (Å²) in [5, 5.41) is 9.28. The third-order valence-electron chi connectivity index (χ3n) is 5.60. The summed E-state index contributed by atoms with van der Waals surface area (Å²) in [6.07, 6.45) is -5.10. The minimum atomic E-state index is -5.10. The molecule has 2 aliphatic heterocycles. The number of para-hydroxylation sites is 1. The molecular formula is C21H17BrF3NO5. The number of carbonyl (C=O) groups is 2. The molecule has 3 atom stereocenters. The van der Waals surface area contributed by atoms with Gasteiger partial charge in [0.15, 0.2) is 0 Å². The maximum absolute atomic E-state index is 13.5. The van der Waals surface area contributed by atoms with Crippen molar-refractivity contribution in [3.63, 3.8) is 0 Å². The van der Waals surface area contributed by atoms with Gasteiger partial charge in [0.2, 0.25) is 0 Å².